The Labute approximate surface area is 101 Å². The van der Waals surface area contributed by atoms with Gasteiger partial charge < -0.3 is 4.74 Å². The van der Waals surface area contributed by atoms with Gasteiger partial charge in [-0.25, -0.2) is 0 Å². The van der Waals surface area contributed by atoms with E-state index in [1.54, 1.807) is 24.7 Å². The van der Waals surface area contributed by atoms with E-state index in [2.05, 4.69) is 16.9 Å². The maximum Gasteiger partial charge on any atom is 0.320 e. The number of esters is 1. The first-order valence-electron chi connectivity index (χ1n) is 5.49. The summed E-state index contributed by atoms with van der Waals surface area (Å²) in [6, 6.07) is 0. The van der Waals surface area contributed by atoms with Crippen LogP contribution in [-0.2, 0) is 23.1 Å². The number of rotatable bonds is 7. The highest BCUT2D eigenvalue weighted by molar-refractivity contribution is 5.71. The van der Waals surface area contributed by atoms with E-state index in [1.807, 2.05) is 11.1 Å². The maximum absolute atomic E-state index is 11.4. The molecule has 1 aromatic heterocycles. The van der Waals surface area contributed by atoms with Gasteiger partial charge in [0.25, 0.3) is 0 Å². The summed E-state index contributed by atoms with van der Waals surface area (Å²) in [5.41, 5.74) is 0.818. The van der Waals surface area contributed by atoms with Crippen molar-refractivity contribution in [3.8, 4) is 0 Å². The van der Waals surface area contributed by atoms with Crippen LogP contribution < -0.4 is 0 Å². The van der Waals surface area contributed by atoms with Crippen LogP contribution in [0.4, 0.5) is 0 Å². The molecule has 94 valence electrons. The summed E-state index contributed by atoms with van der Waals surface area (Å²) in [6.07, 6.45) is 3.57. The van der Waals surface area contributed by atoms with Gasteiger partial charge in [-0.3, -0.25) is 14.4 Å². The topological polar surface area (TPSA) is 60.2 Å². The Morgan fingerprint density at radius 2 is 2.47 bits per heavy atom. The van der Waals surface area contributed by atoms with Crippen LogP contribution in [0, 0.1) is 0 Å². The van der Waals surface area contributed by atoms with Gasteiger partial charge in [-0.15, -0.1) is 11.7 Å². The summed E-state index contributed by atoms with van der Waals surface area (Å²) < 4.78 is 6.54. The van der Waals surface area contributed by atoms with Gasteiger partial charge in [-0.2, -0.15) is 0 Å². The Kier molecular flexibility index (Phi) is 5.35. The van der Waals surface area contributed by atoms with Crippen LogP contribution in [0.1, 0.15) is 12.6 Å². The molecular weight excluding hydrogens is 220 g/mol. The van der Waals surface area contributed by atoms with E-state index in [-0.39, 0.29) is 12.5 Å². The lowest BCUT2D eigenvalue weighted by Gasteiger charge is -2.17. The van der Waals surface area contributed by atoms with Gasteiger partial charge >= 0.3 is 5.97 Å². The molecule has 0 amide bonds. The van der Waals surface area contributed by atoms with E-state index in [0.29, 0.717) is 19.7 Å². The number of aromatic nitrogens is 3. The molecule has 17 heavy (non-hydrogen) atoms. The van der Waals surface area contributed by atoms with E-state index in [4.69, 9.17) is 4.74 Å². The number of nitrogens with zero attached hydrogens (tertiary/aromatic N) is 4. The number of hydrogen-bond donors (Lipinski definition) is 0. The van der Waals surface area contributed by atoms with Crippen LogP contribution in [0.25, 0.3) is 0 Å². The van der Waals surface area contributed by atoms with E-state index in [0.717, 1.165) is 5.69 Å². The number of carbonyl (C=O) groups is 1. The predicted octanol–water partition coefficient (Wildman–Crippen LogP) is 0.366. The Hall–Kier alpha value is -1.69. The van der Waals surface area contributed by atoms with Gasteiger partial charge in [-0.05, 0) is 6.92 Å². The summed E-state index contributed by atoms with van der Waals surface area (Å²) in [5.74, 6) is -0.238. The first-order valence-corrected chi connectivity index (χ1v) is 5.49. The van der Waals surface area contributed by atoms with Crippen molar-refractivity contribution in [2.45, 2.75) is 13.5 Å². The van der Waals surface area contributed by atoms with Crippen molar-refractivity contribution in [3.63, 3.8) is 0 Å². The van der Waals surface area contributed by atoms with E-state index >= 15 is 0 Å². The van der Waals surface area contributed by atoms with Crippen molar-refractivity contribution in [3.05, 3.63) is 24.5 Å². The molecule has 0 bridgehead atoms. The molecule has 6 nitrogen and oxygen atoms in total. The first kappa shape index (κ1) is 13.4. The van der Waals surface area contributed by atoms with E-state index < -0.39 is 0 Å². The molecule has 0 fully saturated rings. The molecule has 0 aromatic carbocycles. The highest BCUT2D eigenvalue weighted by atomic mass is 16.5. The monoisotopic (exact) mass is 238 g/mol. The van der Waals surface area contributed by atoms with Crippen molar-refractivity contribution in [1.29, 1.82) is 0 Å². The molecule has 1 aromatic rings. The zero-order valence-corrected chi connectivity index (χ0v) is 10.3. The number of carbonyl (C=O) groups excluding carboxylic acids is 1. The van der Waals surface area contributed by atoms with Crippen LogP contribution in [0.3, 0.4) is 0 Å². The molecule has 0 saturated carbocycles. The summed E-state index contributed by atoms with van der Waals surface area (Å²) in [5, 5.41) is 7.82. The number of hydrogen-bond acceptors (Lipinski definition) is 5. The van der Waals surface area contributed by atoms with E-state index in [1.165, 1.54) is 0 Å². The summed E-state index contributed by atoms with van der Waals surface area (Å²) in [7, 11) is 1.81. The van der Waals surface area contributed by atoms with Gasteiger partial charge in [0.2, 0.25) is 0 Å². The average Bonchev–Trinajstić information content (AvgIpc) is 2.64. The second-order valence-corrected chi connectivity index (χ2v) is 3.65. The largest absolute Gasteiger partial charge is 0.465 e. The molecule has 0 spiro atoms. The lowest BCUT2D eigenvalue weighted by Crippen LogP contribution is -2.31. The van der Waals surface area contributed by atoms with Gasteiger partial charge in [0.1, 0.15) is 0 Å². The predicted molar refractivity (Wildman–Crippen MR) is 63.1 cm³/mol. The van der Waals surface area contributed by atoms with Crippen molar-refractivity contribution in [2.75, 3.05) is 19.7 Å². The molecule has 0 radical (unpaired) electrons. The third-order valence-corrected chi connectivity index (χ3v) is 2.08. The molecule has 6 heteroatoms. The van der Waals surface area contributed by atoms with Crippen molar-refractivity contribution in [2.24, 2.45) is 7.05 Å². The molecule has 1 rings (SSSR count). The molecule has 1 heterocycles. The average molecular weight is 238 g/mol. The minimum Gasteiger partial charge on any atom is -0.465 e. The minimum absolute atomic E-state index is 0.233. The highest BCUT2D eigenvalue weighted by Gasteiger charge is 2.12. The minimum atomic E-state index is -0.238. The summed E-state index contributed by atoms with van der Waals surface area (Å²) in [4.78, 5) is 13.3. The Morgan fingerprint density at radius 1 is 1.71 bits per heavy atom. The second-order valence-electron chi connectivity index (χ2n) is 3.65. The number of ether oxygens (including phenoxy) is 1. The van der Waals surface area contributed by atoms with E-state index in [9.17, 15) is 4.79 Å². The van der Waals surface area contributed by atoms with Crippen LogP contribution in [0.15, 0.2) is 18.9 Å². The van der Waals surface area contributed by atoms with Gasteiger partial charge in [0.05, 0.1) is 18.8 Å². The maximum atomic E-state index is 11.4. The lowest BCUT2D eigenvalue weighted by atomic mass is 10.4. The highest BCUT2D eigenvalue weighted by Crippen LogP contribution is 2.00. The fraction of sp³-hybridized carbons (Fsp3) is 0.545. The molecule has 0 aliphatic rings. The second kappa shape index (κ2) is 6.80. The van der Waals surface area contributed by atoms with Crippen molar-refractivity contribution < 1.29 is 9.53 Å². The zero-order chi connectivity index (χ0) is 12.7. The summed E-state index contributed by atoms with van der Waals surface area (Å²) >= 11 is 0. The third kappa shape index (κ3) is 4.78. The Morgan fingerprint density at radius 3 is 3.00 bits per heavy atom. The van der Waals surface area contributed by atoms with Gasteiger partial charge in [0, 0.05) is 26.3 Å². The zero-order valence-electron chi connectivity index (χ0n) is 10.3. The lowest BCUT2D eigenvalue weighted by molar-refractivity contribution is -0.144. The fourth-order valence-electron chi connectivity index (χ4n) is 1.45. The molecule has 0 unspecified atom stereocenters. The van der Waals surface area contributed by atoms with Gasteiger partial charge in [-0.1, -0.05) is 11.3 Å². The van der Waals surface area contributed by atoms with Crippen LogP contribution >= 0.6 is 0 Å². The number of aryl methyl sites for hydroxylation is 1. The summed E-state index contributed by atoms with van der Waals surface area (Å²) in [6.45, 7) is 7.24. The first-order chi connectivity index (χ1) is 8.15. The molecule has 0 aliphatic carbocycles. The van der Waals surface area contributed by atoms with Crippen LogP contribution in [0.2, 0.25) is 0 Å². The fourth-order valence-corrected chi connectivity index (χ4v) is 1.45. The molecule has 0 aliphatic heterocycles. The molecule has 0 saturated heterocycles. The Balaban J connectivity index is 2.53. The molecule has 0 atom stereocenters. The molecule has 0 N–H and O–H groups in total. The van der Waals surface area contributed by atoms with Gasteiger partial charge in [0.15, 0.2) is 0 Å². The standard InChI is InChI=1S/C11H18N4O2/c1-4-6-15(9-11(16)17-5-2)8-10-7-14(3)13-12-10/h4,7H,1,5-6,8-9H2,2-3H3. The smallest absolute Gasteiger partial charge is 0.320 e. The van der Waals surface area contributed by atoms with Crippen molar-refractivity contribution in [1.82, 2.24) is 19.9 Å². The normalized spacial score (nSPS) is 10.5. The molecular formula is C11H18N4O2. The van der Waals surface area contributed by atoms with Crippen LogP contribution in [0.5, 0.6) is 0 Å². The Bertz CT molecular complexity index is 375. The van der Waals surface area contributed by atoms with Crippen molar-refractivity contribution >= 4 is 5.97 Å². The van der Waals surface area contributed by atoms with Crippen LogP contribution in [-0.4, -0.2) is 45.6 Å². The third-order valence-electron chi connectivity index (χ3n) is 2.08. The SMILES string of the molecule is C=CCN(CC(=O)OCC)Cc1cn(C)nn1. The quantitative estimate of drug-likeness (QED) is 0.507.